The van der Waals surface area contributed by atoms with Crippen molar-refractivity contribution in [3.63, 3.8) is 0 Å². The fourth-order valence-corrected chi connectivity index (χ4v) is 3.76. The molecule has 6 nitrogen and oxygen atoms in total. The molecule has 1 aromatic carbocycles. The lowest BCUT2D eigenvalue weighted by molar-refractivity contribution is -0.146. The fourth-order valence-electron chi connectivity index (χ4n) is 2.93. The van der Waals surface area contributed by atoms with Gasteiger partial charge in [-0.15, -0.1) is 0 Å². The number of carbonyl (C=O) groups is 1. The Hall–Kier alpha value is -1.38. The highest BCUT2D eigenvalue weighted by Crippen LogP contribution is 2.36. The van der Waals surface area contributed by atoms with E-state index >= 15 is 0 Å². The van der Waals surface area contributed by atoms with Gasteiger partial charge < -0.3 is 14.0 Å². The molecule has 1 aliphatic rings. The van der Waals surface area contributed by atoms with Gasteiger partial charge in [0, 0.05) is 6.26 Å². The first-order valence-corrected chi connectivity index (χ1v) is 11.4. The van der Waals surface area contributed by atoms with Crippen molar-refractivity contribution in [2.75, 3.05) is 12.9 Å². The van der Waals surface area contributed by atoms with Gasteiger partial charge in [0.25, 0.3) is 0 Å². The molecule has 1 saturated heterocycles. The van der Waals surface area contributed by atoms with E-state index in [9.17, 15) is 13.2 Å². The molecule has 0 spiro atoms. The molecule has 2 rings (SSSR count). The second kappa shape index (κ2) is 7.80. The Balaban J connectivity index is 2.11. The number of rotatable bonds is 7. The molecule has 28 heavy (non-hydrogen) atoms. The number of hydrogen-bond acceptors (Lipinski definition) is 6. The van der Waals surface area contributed by atoms with Crippen LogP contribution >= 0.6 is 0 Å². The zero-order valence-corrected chi connectivity index (χ0v) is 18.7. The first kappa shape index (κ1) is 22.9. The quantitative estimate of drug-likeness (QED) is 0.507. The van der Waals surface area contributed by atoms with Crippen LogP contribution in [0.2, 0.25) is 0 Å². The van der Waals surface area contributed by atoms with Crippen molar-refractivity contribution in [3.8, 4) is 0 Å². The molecule has 1 fully saturated rings. The van der Waals surface area contributed by atoms with Crippen molar-refractivity contribution in [3.05, 3.63) is 29.8 Å². The maximum Gasteiger partial charge on any atom is 0.494 e. The lowest BCUT2D eigenvalue weighted by atomic mass is 9.78. The molecule has 0 bridgehead atoms. The smallest absolute Gasteiger partial charge is 0.465 e. The van der Waals surface area contributed by atoms with Gasteiger partial charge in [0.2, 0.25) is 0 Å². The highest BCUT2D eigenvalue weighted by atomic mass is 32.2. The van der Waals surface area contributed by atoms with Gasteiger partial charge in [-0.2, -0.15) is 0 Å². The number of ether oxygens (including phenoxy) is 1. The van der Waals surface area contributed by atoms with E-state index in [2.05, 4.69) is 0 Å². The molecule has 1 atom stereocenters. The molecule has 0 saturated carbocycles. The Labute approximate surface area is 169 Å². The Morgan fingerprint density at radius 1 is 1.11 bits per heavy atom. The van der Waals surface area contributed by atoms with Gasteiger partial charge in [-0.25, -0.2) is 8.42 Å². The lowest BCUT2D eigenvalue weighted by Crippen LogP contribution is -2.44. The highest BCUT2D eigenvalue weighted by Gasteiger charge is 2.51. The van der Waals surface area contributed by atoms with E-state index in [1.807, 2.05) is 52.0 Å². The summed E-state index contributed by atoms with van der Waals surface area (Å²) < 4.78 is 39.9. The fraction of sp³-hybridized carbons (Fsp3) is 0.650. The lowest BCUT2D eigenvalue weighted by Gasteiger charge is -2.32. The van der Waals surface area contributed by atoms with E-state index in [-0.39, 0.29) is 13.0 Å². The minimum atomic E-state index is -3.62. The summed E-state index contributed by atoms with van der Waals surface area (Å²) in [7, 11) is -4.06. The van der Waals surface area contributed by atoms with Crippen molar-refractivity contribution in [1.29, 1.82) is 0 Å². The van der Waals surface area contributed by atoms with Crippen LogP contribution in [0.5, 0.6) is 0 Å². The summed E-state index contributed by atoms with van der Waals surface area (Å²) in [6.45, 7) is 11.2. The average Bonchev–Trinajstić information content (AvgIpc) is 2.80. The van der Waals surface area contributed by atoms with Crippen molar-refractivity contribution in [1.82, 2.24) is 0 Å². The maximum absolute atomic E-state index is 12.2. The van der Waals surface area contributed by atoms with Crippen LogP contribution in [0.15, 0.2) is 24.3 Å². The van der Waals surface area contributed by atoms with Crippen LogP contribution in [-0.4, -0.2) is 50.3 Å². The monoisotopic (exact) mass is 410 g/mol. The largest absolute Gasteiger partial charge is 0.494 e. The van der Waals surface area contributed by atoms with E-state index in [1.54, 1.807) is 6.92 Å². The first-order chi connectivity index (χ1) is 12.7. The number of carbonyl (C=O) groups excluding carboxylic acids is 1. The summed E-state index contributed by atoms with van der Waals surface area (Å²) >= 11 is 0. The minimum absolute atomic E-state index is 0.146. The zero-order chi connectivity index (χ0) is 21.4. The molecule has 1 heterocycles. The summed E-state index contributed by atoms with van der Waals surface area (Å²) in [6, 6.07) is 7.65. The van der Waals surface area contributed by atoms with E-state index in [0.29, 0.717) is 6.42 Å². The Morgan fingerprint density at radius 2 is 1.61 bits per heavy atom. The summed E-state index contributed by atoms with van der Waals surface area (Å²) in [5.41, 5.74) is 1.01. The molecule has 1 aliphatic heterocycles. The SMILES string of the molecule is CCOC(=O)C(C)(CCc1ccc(B2OC(C)(C)C(C)(C)O2)cc1)S(C)(=O)=O. The second-order valence-corrected chi connectivity index (χ2v) is 11.0. The van der Waals surface area contributed by atoms with Crippen molar-refractivity contribution < 1.29 is 27.3 Å². The Morgan fingerprint density at radius 3 is 2.04 bits per heavy atom. The molecule has 8 heteroatoms. The Bertz CT molecular complexity index is 800. The van der Waals surface area contributed by atoms with Crippen LogP contribution in [0, 0.1) is 0 Å². The topological polar surface area (TPSA) is 78.9 Å². The van der Waals surface area contributed by atoms with Crippen LogP contribution in [-0.2, 0) is 35.1 Å². The van der Waals surface area contributed by atoms with Crippen LogP contribution in [0.4, 0.5) is 0 Å². The average molecular weight is 410 g/mol. The number of hydrogen-bond donors (Lipinski definition) is 0. The second-order valence-electron chi connectivity index (χ2n) is 8.55. The molecule has 0 amide bonds. The van der Waals surface area contributed by atoms with Gasteiger partial charge in [-0.1, -0.05) is 24.3 Å². The number of aryl methyl sites for hydroxylation is 1. The van der Waals surface area contributed by atoms with E-state index in [0.717, 1.165) is 17.3 Å². The van der Waals surface area contributed by atoms with Crippen LogP contribution < -0.4 is 5.46 Å². The van der Waals surface area contributed by atoms with Crippen molar-refractivity contribution >= 4 is 28.4 Å². The third kappa shape index (κ3) is 4.44. The molecule has 0 radical (unpaired) electrons. The standard InChI is InChI=1S/C20H31BO6S/c1-8-25-17(22)20(6,28(7,23)24)14-13-15-9-11-16(12-10-15)21-26-18(2,3)19(4,5)27-21/h9-12H,8,13-14H2,1-7H3. The van der Waals surface area contributed by atoms with Crippen LogP contribution in [0.25, 0.3) is 0 Å². The third-order valence-electron chi connectivity index (χ3n) is 5.92. The molecule has 0 aromatic heterocycles. The molecule has 0 aliphatic carbocycles. The van der Waals surface area contributed by atoms with E-state index in [4.69, 9.17) is 14.0 Å². The van der Waals surface area contributed by atoms with Crippen LogP contribution in [0.3, 0.4) is 0 Å². The van der Waals surface area contributed by atoms with E-state index in [1.165, 1.54) is 6.92 Å². The number of esters is 1. The van der Waals surface area contributed by atoms with Gasteiger partial charge in [0.1, 0.15) is 0 Å². The van der Waals surface area contributed by atoms with Gasteiger partial charge in [-0.3, -0.25) is 4.79 Å². The zero-order valence-electron chi connectivity index (χ0n) is 17.9. The molecule has 0 N–H and O–H groups in total. The number of benzene rings is 1. The van der Waals surface area contributed by atoms with Crippen LogP contribution in [0.1, 0.15) is 53.5 Å². The normalized spacial score (nSPS) is 20.6. The predicted molar refractivity (Wildman–Crippen MR) is 110 cm³/mol. The van der Waals surface area contributed by atoms with Crippen molar-refractivity contribution in [2.45, 2.75) is 70.3 Å². The van der Waals surface area contributed by atoms with Crippen molar-refractivity contribution in [2.24, 2.45) is 0 Å². The summed E-state index contributed by atoms with van der Waals surface area (Å²) in [6.07, 6.45) is 1.66. The highest BCUT2D eigenvalue weighted by molar-refractivity contribution is 7.92. The minimum Gasteiger partial charge on any atom is -0.465 e. The molecule has 1 aromatic rings. The third-order valence-corrected chi connectivity index (χ3v) is 7.93. The molecular formula is C20H31BO6S. The summed E-state index contributed by atoms with van der Waals surface area (Å²) in [4.78, 5) is 12.2. The van der Waals surface area contributed by atoms with E-state index < -0.39 is 38.9 Å². The van der Waals surface area contributed by atoms with Gasteiger partial charge in [0.15, 0.2) is 14.6 Å². The predicted octanol–water partition coefficient (Wildman–Crippen LogP) is 2.28. The molecule has 156 valence electrons. The summed E-state index contributed by atoms with van der Waals surface area (Å²) in [5.74, 6) is -0.702. The molecule has 1 unspecified atom stereocenters. The summed E-state index contributed by atoms with van der Waals surface area (Å²) in [5, 5.41) is 0. The van der Waals surface area contributed by atoms with Gasteiger partial charge in [-0.05, 0) is 65.4 Å². The maximum atomic E-state index is 12.2. The number of sulfone groups is 1. The van der Waals surface area contributed by atoms with Gasteiger partial charge >= 0.3 is 13.1 Å². The first-order valence-electron chi connectivity index (χ1n) is 9.55. The Kier molecular flexibility index (Phi) is 6.38. The van der Waals surface area contributed by atoms with Gasteiger partial charge in [0.05, 0.1) is 17.8 Å². The molecular weight excluding hydrogens is 379 g/mol.